The van der Waals surface area contributed by atoms with Gasteiger partial charge in [-0.1, -0.05) is 35.9 Å². The lowest BCUT2D eigenvalue weighted by atomic mass is 10.1. The summed E-state index contributed by atoms with van der Waals surface area (Å²) in [5.74, 6) is -0.0736. The third-order valence-electron chi connectivity index (χ3n) is 4.21. The van der Waals surface area contributed by atoms with Crippen LogP contribution in [0.2, 0.25) is 5.02 Å². The van der Waals surface area contributed by atoms with E-state index in [1.165, 1.54) is 18.2 Å². The van der Waals surface area contributed by atoms with Crippen molar-refractivity contribution in [2.45, 2.75) is 13.0 Å². The van der Waals surface area contributed by atoms with E-state index in [2.05, 4.69) is 10.3 Å². The molecule has 1 atom stereocenters. The fraction of sp³-hybridized carbons (Fsp3) is 0.143. The van der Waals surface area contributed by atoms with Gasteiger partial charge in [0.2, 0.25) is 5.91 Å². The van der Waals surface area contributed by atoms with Crippen LogP contribution in [0.25, 0.3) is 6.08 Å². The zero-order valence-electron chi connectivity index (χ0n) is 15.0. The Bertz CT molecular complexity index is 997. The summed E-state index contributed by atoms with van der Waals surface area (Å²) in [6.45, 7) is 1.92. The molecule has 6 heteroatoms. The Morgan fingerprint density at radius 3 is 2.78 bits per heavy atom. The molecule has 0 radical (unpaired) electrons. The summed E-state index contributed by atoms with van der Waals surface area (Å²) in [6.07, 6.45) is 6.52. The third-order valence-corrected chi connectivity index (χ3v) is 4.62. The number of carbonyl (C=O) groups excluding carboxylic acids is 1. The molecule has 2 aromatic carbocycles. The maximum atomic E-state index is 13.7. The van der Waals surface area contributed by atoms with Crippen LogP contribution in [0.3, 0.4) is 0 Å². The molecule has 3 rings (SSSR count). The average molecular weight is 384 g/mol. The standard InChI is InChI=1S/C21H19ClFN3O/c1-14-6-7-15(12-18(14)22)8-9-19(27)25-20(21-24-10-11-26(21)2)16-4-3-5-17(23)13-16/h3-13,20H,1-2H3,(H,25,27)/b9-8+. The predicted octanol–water partition coefficient (Wildman–Crippen LogP) is 4.44. The van der Waals surface area contributed by atoms with Crippen molar-refractivity contribution >= 4 is 23.6 Å². The van der Waals surface area contributed by atoms with Crippen molar-refractivity contribution in [2.75, 3.05) is 0 Å². The number of halogens is 2. The highest BCUT2D eigenvalue weighted by atomic mass is 35.5. The lowest BCUT2D eigenvalue weighted by molar-refractivity contribution is -0.117. The molecule has 1 heterocycles. The third kappa shape index (κ3) is 4.63. The van der Waals surface area contributed by atoms with Gasteiger partial charge in [-0.05, 0) is 47.9 Å². The molecule has 3 aromatic rings. The van der Waals surface area contributed by atoms with E-state index in [0.29, 0.717) is 16.4 Å². The number of carbonyl (C=O) groups is 1. The first-order chi connectivity index (χ1) is 12.9. The second-order valence-corrected chi connectivity index (χ2v) is 6.64. The van der Waals surface area contributed by atoms with Crippen LogP contribution in [0, 0.1) is 12.7 Å². The molecule has 4 nitrogen and oxygen atoms in total. The normalized spacial score (nSPS) is 12.3. The van der Waals surface area contributed by atoms with E-state index < -0.39 is 6.04 Å². The maximum absolute atomic E-state index is 13.7. The van der Waals surface area contributed by atoms with E-state index in [1.54, 1.807) is 41.2 Å². The molecule has 0 saturated carbocycles. The van der Waals surface area contributed by atoms with E-state index in [1.807, 2.05) is 26.1 Å². The van der Waals surface area contributed by atoms with Gasteiger partial charge in [-0.2, -0.15) is 0 Å². The molecule has 1 N–H and O–H groups in total. The lowest BCUT2D eigenvalue weighted by Gasteiger charge is -2.18. The highest BCUT2D eigenvalue weighted by molar-refractivity contribution is 6.31. The van der Waals surface area contributed by atoms with Crippen molar-refractivity contribution in [3.05, 3.63) is 94.3 Å². The SMILES string of the molecule is Cc1ccc(/C=C/C(=O)NC(c2cccc(F)c2)c2nccn2C)cc1Cl. The zero-order chi connectivity index (χ0) is 19.4. The van der Waals surface area contributed by atoms with Crippen LogP contribution in [0.15, 0.2) is 60.9 Å². The summed E-state index contributed by atoms with van der Waals surface area (Å²) >= 11 is 6.11. The molecule has 27 heavy (non-hydrogen) atoms. The molecular weight excluding hydrogens is 365 g/mol. The van der Waals surface area contributed by atoms with Gasteiger partial charge in [0.05, 0.1) is 0 Å². The van der Waals surface area contributed by atoms with Crippen molar-refractivity contribution in [1.29, 1.82) is 0 Å². The van der Waals surface area contributed by atoms with E-state index >= 15 is 0 Å². The molecule has 138 valence electrons. The van der Waals surface area contributed by atoms with Crippen LogP contribution < -0.4 is 5.32 Å². The number of benzene rings is 2. The van der Waals surface area contributed by atoms with Gasteiger partial charge in [0.1, 0.15) is 17.7 Å². The Balaban J connectivity index is 1.83. The van der Waals surface area contributed by atoms with Crippen LogP contribution >= 0.6 is 11.6 Å². The minimum Gasteiger partial charge on any atom is -0.339 e. The number of aromatic nitrogens is 2. The van der Waals surface area contributed by atoms with Crippen molar-refractivity contribution in [3.8, 4) is 0 Å². The van der Waals surface area contributed by atoms with E-state index in [4.69, 9.17) is 11.6 Å². The maximum Gasteiger partial charge on any atom is 0.244 e. The Kier molecular flexibility index (Phi) is 5.72. The summed E-state index contributed by atoms with van der Waals surface area (Å²) in [5, 5.41) is 3.53. The summed E-state index contributed by atoms with van der Waals surface area (Å²) < 4.78 is 15.5. The van der Waals surface area contributed by atoms with Crippen LogP contribution in [0.5, 0.6) is 0 Å². The molecule has 0 spiro atoms. The number of amides is 1. The Morgan fingerprint density at radius 2 is 2.11 bits per heavy atom. The number of aryl methyl sites for hydroxylation is 2. The fourth-order valence-corrected chi connectivity index (χ4v) is 2.90. The van der Waals surface area contributed by atoms with Gasteiger partial charge < -0.3 is 9.88 Å². The highest BCUT2D eigenvalue weighted by Crippen LogP contribution is 2.21. The minimum absolute atomic E-state index is 0.316. The first-order valence-electron chi connectivity index (χ1n) is 8.41. The van der Waals surface area contributed by atoms with Gasteiger partial charge in [-0.15, -0.1) is 0 Å². The summed E-state index contributed by atoms with van der Waals surface area (Å²) in [5.41, 5.74) is 2.41. The Hall–Kier alpha value is -2.92. The average Bonchev–Trinajstić information content (AvgIpc) is 3.06. The van der Waals surface area contributed by atoms with Gasteiger partial charge in [-0.25, -0.2) is 9.37 Å². The second-order valence-electron chi connectivity index (χ2n) is 6.23. The lowest BCUT2D eigenvalue weighted by Crippen LogP contribution is -2.29. The van der Waals surface area contributed by atoms with Crippen LogP contribution in [-0.4, -0.2) is 15.5 Å². The Morgan fingerprint density at radius 1 is 1.30 bits per heavy atom. The van der Waals surface area contributed by atoms with Crippen molar-refractivity contribution in [1.82, 2.24) is 14.9 Å². The number of hydrogen-bond donors (Lipinski definition) is 1. The van der Waals surface area contributed by atoms with Gasteiger partial charge in [0, 0.05) is 30.5 Å². The monoisotopic (exact) mass is 383 g/mol. The molecule has 0 aliphatic rings. The van der Waals surface area contributed by atoms with Crippen LogP contribution in [0.1, 0.15) is 28.6 Å². The molecule has 1 amide bonds. The van der Waals surface area contributed by atoms with Gasteiger partial charge in [-0.3, -0.25) is 4.79 Å². The van der Waals surface area contributed by atoms with E-state index in [0.717, 1.165) is 11.1 Å². The van der Waals surface area contributed by atoms with Crippen molar-refractivity contribution in [3.63, 3.8) is 0 Å². The first-order valence-corrected chi connectivity index (χ1v) is 8.79. The molecule has 1 unspecified atom stereocenters. The second kappa shape index (κ2) is 8.18. The highest BCUT2D eigenvalue weighted by Gasteiger charge is 2.20. The minimum atomic E-state index is -0.570. The van der Waals surface area contributed by atoms with Crippen molar-refractivity contribution < 1.29 is 9.18 Å². The van der Waals surface area contributed by atoms with E-state index in [9.17, 15) is 9.18 Å². The quantitative estimate of drug-likeness (QED) is 0.662. The molecule has 0 aliphatic carbocycles. The van der Waals surface area contributed by atoms with Crippen molar-refractivity contribution in [2.24, 2.45) is 7.05 Å². The number of hydrogen-bond acceptors (Lipinski definition) is 2. The van der Waals surface area contributed by atoms with Crippen LogP contribution in [0.4, 0.5) is 4.39 Å². The van der Waals surface area contributed by atoms with Crippen LogP contribution in [-0.2, 0) is 11.8 Å². The summed E-state index contributed by atoms with van der Waals surface area (Å²) in [6, 6.07) is 11.1. The molecule has 0 saturated heterocycles. The summed E-state index contributed by atoms with van der Waals surface area (Å²) in [7, 11) is 1.82. The fourth-order valence-electron chi connectivity index (χ4n) is 2.71. The molecule has 0 aliphatic heterocycles. The van der Waals surface area contributed by atoms with Gasteiger partial charge in [0.25, 0.3) is 0 Å². The smallest absolute Gasteiger partial charge is 0.244 e. The number of nitrogens with one attached hydrogen (secondary N) is 1. The molecule has 1 aromatic heterocycles. The molecule has 0 fully saturated rings. The molecule has 0 bridgehead atoms. The molecular formula is C21H19ClFN3O. The number of rotatable bonds is 5. The largest absolute Gasteiger partial charge is 0.339 e. The first kappa shape index (κ1) is 18.9. The topological polar surface area (TPSA) is 46.9 Å². The number of nitrogens with zero attached hydrogens (tertiary/aromatic N) is 2. The van der Waals surface area contributed by atoms with Gasteiger partial charge >= 0.3 is 0 Å². The van der Waals surface area contributed by atoms with E-state index in [-0.39, 0.29) is 11.7 Å². The predicted molar refractivity (Wildman–Crippen MR) is 105 cm³/mol. The number of imidazole rings is 1. The zero-order valence-corrected chi connectivity index (χ0v) is 15.7. The van der Waals surface area contributed by atoms with Gasteiger partial charge in [0.15, 0.2) is 0 Å². The summed E-state index contributed by atoms with van der Waals surface area (Å²) in [4.78, 5) is 16.8. The Labute approximate surface area is 162 Å².